The maximum Gasteiger partial charge on any atom is -0.00773 e. The van der Waals surface area contributed by atoms with E-state index < -0.39 is 0 Å². The van der Waals surface area contributed by atoms with Gasteiger partial charge in [0.25, 0.3) is 0 Å². The molecule has 28 heavy (non-hydrogen) atoms. The number of nitrogens with two attached hydrogens (primary N) is 1. The summed E-state index contributed by atoms with van der Waals surface area (Å²) in [6.45, 7) is 3.11. The Hall–Kier alpha value is -0.820. The van der Waals surface area contributed by atoms with Crippen molar-refractivity contribution in [3.63, 3.8) is 0 Å². The summed E-state index contributed by atoms with van der Waals surface area (Å²) in [5, 5.41) is 0. The molecule has 0 heterocycles. The topological polar surface area (TPSA) is 26.0 Å². The van der Waals surface area contributed by atoms with Crippen molar-refractivity contribution in [1.29, 1.82) is 0 Å². The van der Waals surface area contributed by atoms with Gasteiger partial charge in [-0.3, -0.25) is 0 Å². The van der Waals surface area contributed by atoms with Crippen LogP contribution in [0.15, 0.2) is 24.3 Å². The highest BCUT2D eigenvalue weighted by molar-refractivity contribution is 5.25. The lowest BCUT2D eigenvalue weighted by Crippen LogP contribution is -1.97. The average molecular weight is 388 g/mol. The lowest BCUT2D eigenvalue weighted by atomic mass is 10.0. The van der Waals surface area contributed by atoms with E-state index >= 15 is 0 Å². The first-order valence-electron chi connectivity index (χ1n) is 12.6. The highest BCUT2D eigenvalue weighted by Crippen LogP contribution is 2.15. The Kier molecular flexibility index (Phi) is 17.6. The lowest BCUT2D eigenvalue weighted by molar-refractivity contribution is 0.524. The van der Waals surface area contributed by atoms with Crippen LogP contribution in [-0.2, 0) is 6.42 Å². The molecule has 0 aromatic heterocycles. The number of unbranched alkanes of at least 4 members (excludes halogenated alkanes) is 17. The fourth-order valence-corrected chi connectivity index (χ4v) is 4.18. The van der Waals surface area contributed by atoms with Crippen LogP contribution in [-0.4, -0.2) is 6.54 Å². The van der Waals surface area contributed by atoms with Crippen LogP contribution in [0.3, 0.4) is 0 Å². The molecule has 0 aliphatic heterocycles. The molecule has 0 amide bonds. The number of hydrogen-bond donors (Lipinski definition) is 1. The molecule has 0 saturated carbocycles. The van der Waals surface area contributed by atoms with Gasteiger partial charge in [0.15, 0.2) is 0 Å². The van der Waals surface area contributed by atoms with Crippen LogP contribution in [0, 0.1) is 6.92 Å². The molecule has 0 bridgehead atoms. The zero-order valence-electron chi connectivity index (χ0n) is 19.0. The van der Waals surface area contributed by atoms with E-state index in [1.807, 2.05) is 0 Å². The minimum Gasteiger partial charge on any atom is -0.330 e. The number of benzene rings is 1. The Morgan fingerprint density at radius 2 is 0.857 bits per heavy atom. The Labute approximate surface area is 176 Å². The molecule has 0 atom stereocenters. The van der Waals surface area contributed by atoms with Crippen molar-refractivity contribution >= 4 is 0 Å². The molecule has 0 aliphatic carbocycles. The van der Waals surface area contributed by atoms with E-state index in [1.54, 1.807) is 5.56 Å². The standard InChI is InChI=1S/C27H49N/c1-26-22-19-20-24-27(26)23-18-16-14-12-10-8-6-4-2-3-5-7-9-11-13-15-17-21-25-28/h19-20,22,24H,2-18,21,23,25,28H2,1H3. The zero-order chi connectivity index (χ0) is 20.1. The highest BCUT2D eigenvalue weighted by Gasteiger charge is 1.98. The normalized spacial score (nSPS) is 11.2. The second kappa shape index (κ2) is 19.5. The number of hydrogen-bond acceptors (Lipinski definition) is 1. The maximum atomic E-state index is 5.52. The molecule has 162 valence electrons. The van der Waals surface area contributed by atoms with Gasteiger partial charge in [-0.2, -0.15) is 0 Å². The van der Waals surface area contributed by atoms with Crippen LogP contribution in [0.25, 0.3) is 0 Å². The molecular formula is C27H49N. The second-order valence-corrected chi connectivity index (χ2v) is 8.83. The Morgan fingerprint density at radius 1 is 0.500 bits per heavy atom. The van der Waals surface area contributed by atoms with Crippen LogP contribution in [0.5, 0.6) is 0 Å². The van der Waals surface area contributed by atoms with Gasteiger partial charge in [-0.1, -0.05) is 127 Å². The third-order valence-corrected chi connectivity index (χ3v) is 6.16. The third kappa shape index (κ3) is 15.1. The van der Waals surface area contributed by atoms with Crippen LogP contribution in [0.4, 0.5) is 0 Å². The molecule has 0 unspecified atom stereocenters. The van der Waals surface area contributed by atoms with Gasteiger partial charge in [0.05, 0.1) is 0 Å². The van der Waals surface area contributed by atoms with Gasteiger partial charge in [-0.15, -0.1) is 0 Å². The van der Waals surface area contributed by atoms with Gasteiger partial charge in [-0.25, -0.2) is 0 Å². The Morgan fingerprint density at radius 3 is 1.25 bits per heavy atom. The van der Waals surface area contributed by atoms with Crippen LogP contribution in [0.2, 0.25) is 0 Å². The molecular weight excluding hydrogens is 338 g/mol. The van der Waals surface area contributed by atoms with Gasteiger partial charge in [0.1, 0.15) is 0 Å². The first-order valence-corrected chi connectivity index (χ1v) is 12.6. The van der Waals surface area contributed by atoms with E-state index in [-0.39, 0.29) is 0 Å². The van der Waals surface area contributed by atoms with Crippen molar-refractivity contribution in [2.75, 3.05) is 6.54 Å². The predicted octanol–water partition coefficient (Wildman–Crippen LogP) is 8.52. The molecule has 1 heteroatoms. The summed E-state index contributed by atoms with van der Waals surface area (Å²) in [6.07, 6.45) is 26.8. The molecule has 1 aromatic rings. The van der Waals surface area contributed by atoms with Crippen molar-refractivity contribution in [3.8, 4) is 0 Å². The molecule has 2 N–H and O–H groups in total. The molecule has 0 fully saturated rings. The van der Waals surface area contributed by atoms with Gasteiger partial charge < -0.3 is 5.73 Å². The largest absolute Gasteiger partial charge is 0.330 e. The van der Waals surface area contributed by atoms with Crippen LogP contribution in [0.1, 0.15) is 127 Å². The highest BCUT2D eigenvalue weighted by atomic mass is 14.5. The van der Waals surface area contributed by atoms with Crippen LogP contribution >= 0.6 is 0 Å². The molecule has 1 aromatic carbocycles. The maximum absolute atomic E-state index is 5.52. The van der Waals surface area contributed by atoms with Gasteiger partial charge in [0.2, 0.25) is 0 Å². The quantitative estimate of drug-likeness (QED) is 0.223. The Bertz CT molecular complexity index is 440. The molecule has 0 aliphatic rings. The van der Waals surface area contributed by atoms with E-state index in [4.69, 9.17) is 5.73 Å². The van der Waals surface area contributed by atoms with Gasteiger partial charge in [0, 0.05) is 0 Å². The summed E-state index contributed by atoms with van der Waals surface area (Å²) in [5.41, 5.74) is 8.53. The first kappa shape index (κ1) is 25.2. The van der Waals surface area contributed by atoms with E-state index in [9.17, 15) is 0 Å². The SMILES string of the molecule is Cc1ccccc1CCCCCCCCCCCCCCCCCCCCN. The minimum absolute atomic E-state index is 0.870. The smallest absolute Gasteiger partial charge is 0.00773 e. The van der Waals surface area contributed by atoms with E-state index in [0.29, 0.717) is 0 Å². The first-order chi connectivity index (χ1) is 13.8. The van der Waals surface area contributed by atoms with Crippen molar-refractivity contribution < 1.29 is 0 Å². The molecule has 1 rings (SSSR count). The summed E-state index contributed by atoms with van der Waals surface area (Å²) in [4.78, 5) is 0. The van der Waals surface area contributed by atoms with Crippen molar-refractivity contribution in [2.24, 2.45) is 5.73 Å². The second-order valence-electron chi connectivity index (χ2n) is 8.83. The van der Waals surface area contributed by atoms with Crippen molar-refractivity contribution in [3.05, 3.63) is 35.4 Å². The van der Waals surface area contributed by atoms with Gasteiger partial charge >= 0.3 is 0 Å². The zero-order valence-corrected chi connectivity index (χ0v) is 19.0. The summed E-state index contributed by atoms with van der Waals surface area (Å²) in [5.74, 6) is 0. The van der Waals surface area contributed by atoms with Crippen molar-refractivity contribution in [1.82, 2.24) is 0 Å². The molecule has 0 radical (unpaired) electrons. The monoisotopic (exact) mass is 387 g/mol. The van der Waals surface area contributed by atoms with E-state index in [1.165, 1.54) is 128 Å². The summed E-state index contributed by atoms with van der Waals surface area (Å²) in [6, 6.07) is 8.85. The number of rotatable bonds is 20. The molecule has 1 nitrogen and oxygen atoms in total. The molecule has 0 spiro atoms. The number of aryl methyl sites for hydroxylation is 2. The van der Waals surface area contributed by atoms with E-state index in [2.05, 4.69) is 31.2 Å². The fraction of sp³-hybridized carbons (Fsp3) is 0.778. The lowest BCUT2D eigenvalue weighted by Gasteiger charge is -2.06. The Balaban J connectivity index is 1.72. The summed E-state index contributed by atoms with van der Waals surface area (Å²) >= 11 is 0. The average Bonchev–Trinajstić information content (AvgIpc) is 2.71. The molecule has 0 saturated heterocycles. The van der Waals surface area contributed by atoms with Crippen LogP contribution < -0.4 is 5.73 Å². The van der Waals surface area contributed by atoms with Gasteiger partial charge in [-0.05, 0) is 43.9 Å². The van der Waals surface area contributed by atoms with Crippen molar-refractivity contribution in [2.45, 2.75) is 129 Å². The summed E-state index contributed by atoms with van der Waals surface area (Å²) < 4.78 is 0. The minimum atomic E-state index is 0.870. The predicted molar refractivity (Wildman–Crippen MR) is 127 cm³/mol. The summed E-state index contributed by atoms with van der Waals surface area (Å²) in [7, 11) is 0. The fourth-order valence-electron chi connectivity index (χ4n) is 4.18. The van der Waals surface area contributed by atoms with E-state index in [0.717, 1.165) is 6.54 Å². The third-order valence-electron chi connectivity index (χ3n) is 6.16.